The van der Waals surface area contributed by atoms with Crippen LogP contribution >= 0.6 is 11.6 Å². The summed E-state index contributed by atoms with van der Waals surface area (Å²) in [5.41, 5.74) is 3.29. The number of benzene rings is 1. The van der Waals surface area contributed by atoms with Gasteiger partial charge in [0, 0.05) is 12.7 Å². The van der Waals surface area contributed by atoms with Crippen molar-refractivity contribution in [3.05, 3.63) is 29.3 Å². The number of hydrogen-bond acceptors (Lipinski definition) is 1. The van der Waals surface area contributed by atoms with E-state index in [1.807, 2.05) is 13.1 Å². The van der Waals surface area contributed by atoms with Crippen molar-refractivity contribution in [2.45, 2.75) is 44.4 Å². The molecule has 0 bridgehead atoms. The molecule has 1 unspecified atom stereocenters. The Labute approximate surface area is 114 Å². The third-order valence-electron chi connectivity index (χ3n) is 3.60. The van der Waals surface area contributed by atoms with Crippen LogP contribution in [0.15, 0.2) is 18.2 Å². The molecule has 1 aromatic carbocycles. The number of halogens is 1. The Kier molecular flexibility index (Phi) is 4.28. The maximum Gasteiger partial charge on any atom is 0.231 e. The van der Waals surface area contributed by atoms with Gasteiger partial charge in [0.1, 0.15) is 0 Å². The fourth-order valence-corrected chi connectivity index (χ4v) is 2.72. The number of carbonyl (C=O) groups excluding carboxylic acids is 1. The van der Waals surface area contributed by atoms with Gasteiger partial charge in [0.2, 0.25) is 5.91 Å². The van der Waals surface area contributed by atoms with Gasteiger partial charge >= 0.3 is 0 Å². The summed E-state index contributed by atoms with van der Waals surface area (Å²) in [6.45, 7) is 2.19. The van der Waals surface area contributed by atoms with E-state index in [1.54, 1.807) is 4.90 Å². The molecule has 1 amide bonds. The topological polar surface area (TPSA) is 20.3 Å². The van der Waals surface area contributed by atoms with E-state index in [4.69, 9.17) is 11.6 Å². The molecule has 0 radical (unpaired) electrons. The number of hydrogen-bond donors (Lipinski definition) is 0. The third-order valence-corrected chi connectivity index (χ3v) is 4.07. The second-order valence-electron chi connectivity index (χ2n) is 4.98. The molecule has 1 aliphatic rings. The van der Waals surface area contributed by atoms with E-state index in [2.05, 4.69) is 19.1 Å². The molecule has 98 valence electrons. The zero-order valence-corrected chi connectivity index (χ0v) is 11.8. The highest BCUT2D eigenvalue weighted by Gasteiger charge is 2.24. The van der Waals surface area contributed by atoms with Gasteiger partial charge in [-0.2, -0.15) is 0 Å². The molecule has 0 fully saturated rings. The van der Waals surface area contributed by atoms with Crippen LogP contribution in [-0.2, 0) is 11.2 Å². The molecule has 2 rings (SSSR count). The first-order chi connectivity index (χ1) is 8.63. The van der Waals surface area contributed by atoms with Crippen LogP contribution in [0.3, 0.4) is 0 Å². The van der Waals surface area contributed by atoms with Gasteiger partial charge in [-0.1, -0.05) is 38.3 Å². The largest absolute Gasteiger partial charge is 0.315 e. The van der Waals surface area contributed by atoms with Crippen LogP contribution in [0.2, 0.25) is 0 Å². The summed E-state index contributed by atoms with van der Waals surface area (Å²) in [7, 11) is 1.83. The van der Waals surface area contributed by atoms with Crippen LogP contribution in [0.25, 0.3) is 0 Å². The van der Waals surface area contributed by atoms with E-state index in [0.29, 0.717) is 6.42 Å². The standard InChI is InChI=1S/C15H20ClNO/c1-3-4-5-6-13(16)11-7-8-14-12(9-11)10-15(18)17(14)2/h7-9,13H,3-6,10H2,1-2H3. The average Bonchev–Trinajstić information content (AvgIpc) is 2.65. The molecule has 1 heterocycles. The molecule has 0 N–H and O–H groups in total. The minimum Gasteiger partial charge on any atom is -0.315 e. The Bertz CT molecular complexity index is 444. The lowest BCUT2D eigenvalue weighted by Gasteiger charge is -2.13. The summed E-state index contributed by atoms with van der Waals surface area (Å²) in [6, 6.07) is 6.17. The van der Waals surface area contributed by atoms with Crippen LogP contribution in [0.5, 0.6) is 0 Å². The molecule has 1 aromatic rings. The molecule has 0 saturated heterocycles. The van der Waals surface area contributed by atoms with Gasteiger partial charge in [-0.15, -0.1) is 11.6 Å². The normalized spacial score (nSPS) is 15.9. The number of rotatable bonds is 5. The van der Waals surface area contributed by atoms with Crippen molar-refractivity contribution in [3.63, 3.8) is 0 Å². The van der Waals surface area contributed by atoms with Gasteiger partial charge < -0.3 is 4.90 Å². The van der Waals surface area contributed by atoms with Gasteiger partial charge in [0.15, 0.2) is 0 Å². The highest BCUT2D eigenvalue weighted by Crippen LogP contribution is 2.33. The second kappa shape index (κ2) is 5.75. The summed E-state index contributed by atoms with van der Waals surface area (Å²) in [6.07, 6.45) is 5.14. The number of alkyl halides is 1. The van der Waals surface area contributed by atoms with Crippen LogP contribution in [0.4, 0.5) is 5.69 Å². The lowest BCUT2D eigenvalue weighted by Crippen LogP contribution is -2.20. The molecule has 0 spiro atoms. The minimum atomic E-state index is 0.0721. The van der Waals surface area contributed by atoms with Gasteiger partial charge in [-0.05, 0) is 23.6 Å². The van der Waals surface area contributed by atoms with Crippen molar-refractivity contribution in [3.8, 4) is 0 Å². The average molecular weight is 266 g/mol. The summed E-state index contributed by atoms with van der Waals surface area (Å²) in [5.74, 6) is 0.166. The first kappa shape index (κ1) is 13.4. The zero-order valence-electron chi connectivity index (χ0n) is 11.1. The molecule has 2 nitrogen and oxygen atoms in total. The van der Waals surface area contributed by atoms with Crippen molar-refractivity contribution in [2.75, 3.05) is 11.9 Å². The van der Waals surface area contributed by atoms with Crippen molar-refractivity contribution in [1.82, 2.24) is 0 Å². The number of anilines is 1. The van der Waals surface area contributed by atoms with E-state index in [-0.39, 0.29) is 11.3 Å². The molecule has 0 saturated carbocycles. The Morgan fingerprint density at radius 3 is 2.89 bits per heavy atom. The molecule has 1 atom stereocenters. The van der Waals surface area contributed by atoms with Gasteiger partial charge in [-0.3, -0.25) is 4.79 Å². The molecule has 3 heteroatoms. The number of nitrogens with zero attached hydrogens (tertiary/aromatic N) is 1. The Morgan fingerprint density at radius 2 is 2.17 bits per heavy atom. The zero-order chi connectivity index (χ0) is 13.1. The number of carbonyl (C=O) groups is 1. The Morgan fingerprint density at radius 1 is 1.39 bits per heavy atom. The van der Waals surface area contributed by atoms with E-state index in [9.17, 15) is 4.79 Å². The quantitative estimate of drug-likeness (QED) is 0.581. The van der Waals surface area contributed by atoms with Gasteiger partial charge in [0.25, 0.3) is 0 Å². The smallest absolute Gasteiger partial charge is 0.231 e. The van der Waals surface area contributed by atoms with Crippen molar-refractivity contribution in [1.29, 1.82) is 0 Å². The van der Waals surface area contributed by atoms with Crippen LogP contribution in [0.1, 0.15) is 49.1 Å². The second-order valence-corrected chi connectivity index (χ2v) is 5.51. The Balaban J connectivity index is 2.08. The maximum atomic E-state index is 11.6. The van der Waals surface area contributed by atoms with E-state index >= 15 is 0 Å². The predicted octanol–water partition coefficient (Wildman–Crippen LogP) is 4.07. The Hall–Kier alpha value is -1.02. The molecular weight excluding hydrogens is 246 g/mol. The number of amides is 1. The first-order valence-electron chi connectivity index (χ1n) is 6.67. The number of fused-ring (bicyclic) bond motifs is 1. The van der Waals surface area contributed by atoms with Crippen LogP contribution in [-0.4, -0.2) is 13.0 Å². The van der Waals surface area contributed by atoms with Crippen molar-refractivity contribution in [2.24, 2.45) is 0 Å². The highest BCUT2D eigenvalue weighted by atomic mass is 35.5. The van der Waals surface area contributed by atoms with Crippen LogP contribution in [0, 0.1) is 0 Å². The number of unbranched alkanes of at least 4 members (excludes halogenated alkanes) is 2. The van der Waals surface area contributed by atoms with Gasteiger partial charge in [0.05, 0.1) is 11.8 Å². The monoisotopic (exact) mass is 265 g/mol. The SMILES string of the molecule is CCCCCC(Cl)c1ccc2c(c1)CC(=O)N2C. The summed E-state index contributed by atoms with van der Waals surface area (Å²) < 4.78 is 0. The highest BCUT2D eigenvalue weighted by molar-refractivity contribution is 6.20. The molecular formula is C15H20ClNO. The summed E-state index contributed by atoms with van der Waals surface area (Å²) in [5, 5.41) is 0.0721. The fourth-order valence-electron chi connectivity index (χ4n) is 2.43. The van der Waals surface area contributed by atoms with E-state index in [0.717, 1.165) is 23.2 Å². The van der Waals surface area contributed by atoms with Crippen molar-refractivity contribution >= 4 is 23.2 Å². The van der Waals surface area contributed by atoms with E-state index in [1.165, 1.54) is 19.3 Å². The van der Waals surface area contributed by atoms with Gasteiger partial charge in [-0.25, -0.2) is 0 Å². The molecule has 0 aromatic heterocycles. The number of likely N-dealkylation sites (N-methyl/N-ethyl adjacent to an activating group) is 1. The maximum absolute atomic E-state index is 11.6. The molecule has 1 aliphatic heterocycles. The molecule has 0 aliphatic carbocycles. The van der Waals surface area contributed by atoms with Crippen LogP contribution < -0.4 is 4.90 Å². The minimum absolute atomic E-state index is 0.0721. The third kappa shape index (κ3) is 2.69. The first-order valence-corrected chi connectivity index (χ1v) is 7.10. The van der Waals surface area contributed by atoms with E-state index < -0.39 is 0 Å². The predicted molar refractivity (Wildman–Crippen MR) is 76.3 cm³/mol. The summed E-state index contributed by atoms with van der Waals surface area (Å²) >= 11 is 6.42. The van der Waals surface area contributed by atoms with Crippen molar-refractivity contribution < 1.29 is 4.79 Å². The summed E-state index contributed by atoms with van der Waals surface area (Å²) in [4.78, 5) is 13.3. The fraction of sp³-hybridized carbons (Fsp3) is 0.533. The lowest BCUT2D eigenvalue weighted by molar-refractivity contribution is -0.117. The lowest BCUT2D eigenvalue weighted by atomic mass is 10.0. The molecule has 18 heavy (non-hydrogen) atoms.